The first kappa shape index (κ1) is 12.4. The summed E-state index contributed by atoms with van der Waals surface area (Å²) in [5.74, 6) is 1.44. The SMILES string of the molecule is OCC1COc2cc(Sc3ccccc3)ccc2O1. The van der Waals surface area contributed by atoms with Crippen LogP contribution in [-0.2, 0) is 0 Å². The highest BCUT2D eigenvalue weighted by Crippen LogP contribution is 2.37. The minimum Gasteiger partial charge on any atom is -0.486 e. The maximum Gasteiger partial charge on any atom is 0.162 e. The summed E-state index contributed by atoms with van der Waals surface area (Å²) in [5, 5.41) is 9.06. The van der Waals surface area contributed by atoms with Crippen LogP contribution in [0.15, 0.2) is 58.3 Å². The average molecular weight is 274 g/mol. The lowest BCUT2D eigenvalue weighted by atomic mass is 10.2. The van der Waals surface area contributed by atoms with E-state index >= 15 is 0 Å². The first-order chi connectivity index (χ1) is 9.35. The van der Waals surface area contributed by atoms with Gasteiger partial charge in [-0.3, -0.25) is 0 Å². The fourth-order valence-electron chi connectivity index (χ4n) is 1.87. The van der Waals surface area contributed by atoms with Gasteiger partial charge in [0, 0.05) is 9.79 Å². The second-order valence-corrected chi connectivity index (χ2v) is 5.40. The van der Waals surface area contributed by atoms with Crippen LogP contribution in [0.1, 0.15) is 0 Å². The molecule has 4 heteroatoms. The molecule has 2 aromatic rings. The lowest BCUT2D eigenvalue weighted by Gasteiger charge is -2.25. The number of aliphatic hydroxyl groups excluding tert-OH is 1. The number of hydrogen-bond donors (Lipinski definition) is 1. The molecule has 1 N–H and O–H groups in total. The molecular weight excluding hydrogens is 260 g/mol. The van der Waals surface area contributed by atoms with E-state index in [0.717, 1.165) is 10.6 Å². The Morgan fingerprint density at radius 1 is 1.05 bits per heavy atom. The molecule has 0 saturated carbocycles. The maximum absolute atomic E-state index is 9.06. The predicted molar refractivity (Wildman–Crippen MR) is 74.0 cm³/mol. The van der Waals surface area contributed by atoms with Gasteiger partial charge in [-0.05, 0) is 30.3 Å². The van der Waals surface area contributed by atoms with E-state index in [1.807, 2.05) is 36.4 Å². The highest BCUT2D eigenvalue weighted by atomic mass is 32.2. The number of rotatable bonds is 3. The summed E-state index contributed by atoms with van der Waals surface area (Å²) >= 11 is 1.68. The van der Waals surface area contributed by atoms with Crippen LogP contribution in [0.2, 0.25) is 0 Å². The van der Waals surface area contributed by atoms with Crippen LogP contribution in [0.3, 0.4) is 0 Å². The van der Waals surface area contributed by atoms with E-state index in [1.165, 1.54) is 4.90 Å². The van der Waals surface area contributed by atoms with Gasteiger partial charge in [-0.25, -0.2) is 0 Å². The van der Waals surface area contributed by atoms with E-state index in [9.17, 15) is 0 Å². The minimum absolute atomic E-state index is 0.0278. The molecule has 0 radical (unpaired) electrons. The van der Waals surface area contributed by atoms with Crippen LogP contribution in [0.4, 0.5) is 0 Å². The van der Waals surface area contributed by atoms with Gasteiger partial charge in [0.2, 0.25) is 0 Å². The summed E-state index contributed by atoms with van der Waals surface area (Å²) in [6, 6.07) is 16.1. The molecule has 3 nitrogen and oxygen atoms in total. The predicted octanol–water partition coefficient (Wildman–Crippen LogP) is 2.97. The first-order valence-electron chi connectivity index (χ1n) is 6.12. The van der Waals surface area contributed by atoms with Crippen molar-refractivity contribution >= 4 is 11.8 Å². The molecule has 0 spiro atoms. The van der Waals surface area contributed by atoms with Gasteiger partial charge in [-0.2, -0.15) is 0 Å². The summed E-state index contributed by atoms with van der Waals surface area (Å²) in [5.41, 5.74) is 0. The third-order valence-corrected chi connectivity index (χ3v) is 3.81. The van der Waals surface area contributed by atoms with Crippen molar-refractivity contribution in [2.24, 2.45) is 0 Å². The molecule has 3 rings (SSSR count). The van der Waals surface area contributed by atoms with Crippen molar-refractivity contribution in [3.8, 4) is 11.5 Å². The van der Waals surface area contributed by atoms with Crippen molar-refractivity contribution < 1.29 is 14.6 Å². The lowest BCUT2D eigenvalue weighted by molar-refractivity contribution is 0.0454. The molecule has 0 saturated heterocycles. The zero-order valence-electron chi connectivity index (χ0n) is 10.3. The Bertz CT molecular complexity index is 557. The number of aliphatic hydroxyl groups is 1. The van der Waals surface area contributed by atoms with Crippen LogP contribution >= 0.6 is 11.8 Å². The number of fused-ring (bicyclic) bond motifs is 1. The molecule has 0 bridgehead atoms. The van der Waals surface area contributed by atoms with Gasteiger partial charge in [0.1, 0.15) is 6.61 Å². The van der Waals surface area contributed by atoms with Gasteiger partial charge in [0.25, 0.3) is 0 Å². The molecule has 0 fully saturated rings. The van der Waals surface area contributed by atoms with Crippen LogP contribution in [0.5, 0.6) is 11.5 Å². The summed E-state index contributed by atoms with van der Waals surface area (Å²) in [7, 11) is 0. The second-order valence-electron chi connectivity index (χ2n) is 4.26. The molecular formula is C15H14O3S. The zero-order chi connectivity index (χ0) is 13.1. The molecule has 0 aliphatic carbocycles. The molecule has 1 unspecified atom stereocenters. The first-order valence-corrected chi connectivity index (χ1v) is 6.94. The summed E-state index contributed by atoms with van der Waals surface area (Å²) in [4.78, 5) is 2.29. The zero-order valence-corrected chi connectivity index (χ0v) is 11.1. The second kappa shape index (κ2) is 5.55. The van der Waals surface area contributed by atoms with Gasteiger partial charge >= 0.3 is 0 Å². The van der Waals surface area contributed by atoms with Crippen molar-refractivity contribution in [3.63, 3.8) is 0 Å². The smallest absolute Gasteiger partial charge is 0.162 e. The van der Waals surface area contributed by atoms with E-state index in [2.05, 4.69) is 12.1 Å². The topological polar surface area (TPSA) is 38.7 Å². The highest BCUT2D eigenvalue weighted by molar-refractivity contribution is 7.99. The van der Waals surface area contributed by atoms with Gasteiger partial charge in [0.15, 0.2) is 17.6 Å². The summed E-state index contributed by atoms with van der Waals surface area (Å²) in [6.45, 7) is 0.364. The van der Waals surface area contributed by atoms with Gasteiger partial charge < -0.3 is 14.6 Å². The fourth-order valence-corrected chi connectivity index (χ4v) is 2.74. The highest BCUT2D eigenvalue weighted by Gasteiger charge is 2.20. The molecule has 1 aliphatic rings. The molecule has 98 valence electrons. The van der Waals surface area contributed by atoms with Crippen LogP contribution in [0, 0.1) is 0 Å². The van der Waals surface area contributed by atoms with Gasteiger partial charge in [-0.15, -0.1) is 0 Å². The summed E-state index contributed by atoms with van der Waals surface area (Å²) < 4.78 is 11.2. The Balaban J connectivity index is 1.79. The minimum atomic E-state index is -0.264. The number of benzene rings is 2. The van der Waals surface area contributed by atoms with Crippen molar-refractivity contribution in [1.82, 2.24) is 0 Å². The van der Waals surface area contributed by atoms with E-state index in [4.69, 9.17) is 14.6 Å². The van der Waals surface area contributed by atoms with Gasteiger partial charge in [0.05, 0.1) is 6.61 Å². The molecule has 2 aromatic carbocycles. The molecule has 1 aliphatic heterocycles. The van der Waals surface area contributed by atoms with Crippen molar-refractivity contribution in [3.05, 3.63) is 48.5 Å². The molecule has 0 amide bonds. The Kier molecular flexibility index (Phi) is 3.62. The van der Waals surface area contributed by atoms with Crippen LogP contribution in [-0.4, -0.2) is 24.4 Å². The number of hydrogen-bond acceptors (Lipinski definition) is 4. The monoisotopic (exact) mass is 274 g/mol. The lowest BCUT2D eigenvalue weighted by Crippen LogP contribution is -2.32. The molecule has 1 atom stereocenters. The fraction of sp³-hybridized carbons (Fsp3) is 0.200. The Morgan fingerprint density at radius 3 is 2.68 bits per heavy atom. The quantitative estimate of drug-likeness (QED) is 0.934. The Morgan fingerprint density at radius 2 is 1.89 bits per heavy atom. The summed E-state index contributed by atoms with van der Waals surface area (Å²) in [6.07, 6.45) is -0.264. The van der Waals surface area contributed by atoms with Crippen LogP contribution in [0.25, 0.3) is 0 Å². The molecule has 1 heterocycles. The van der Waals surface area contributed by atoms with E-state index in [1.54, 1.807) is 11.8 Å². The Labute approximate surface area is 116 Å². The normalized spacial score (nSPS) is 17.2. The molecule has 0 aromatic heterocycles. The van der Waals surface area contributed by atoms with Crippen molar-refractivity contribution in [1.29, 1.82) is 0 Å². The third-order valence-electron chi connectivity index (χ3n) is 2.82. The van der Waals surface area contributed by atoms with E-state index < -0.39 is 0 Å². The maximum atomic E-state index is 9.06. The number of ether oxygens (including phenoxy) is 2. The third kappa shape index (κ3) is 2.85. The van der Waals surface area contributed by atoms with Crippen LogP contribution < -0.4 is 9.47 Å². The largest absolute Gasteiger partial charge is 0.486 e. The molecule has 19 heavy (non-hydrogen) atoms. The van der Waals surface area contributed by atoms with Crippen molar-refractivity contribution in [2.45, 2.75) is 15.9 Å². The van der Waals surface area contributed by atoms with Gasteiger partial charge in [-0.1, -0.05) is 30.0 Å². The van der Waals surface area contributed by atoms with E-state index in [-0.39, 0.29) is 12.7 Å². The Hall–Kier alpha value is -1.65. The standard InChI is InChI=1S/C15H14O3S/c16-9-11-10-17-15-8-13(6-7-14(15)18-11)19-12-4-2-1-3-5-12/h1-8,11,16H,9-10H2. The average Bonchev–Trinajstić information content (AvgIpc) is 2.48. The van der Waals surface area contributed by atoms with Crippen molar-refractivity contribution in [2.75, 3.05) is 13.2 Å². The van der Waals surface area contributed by atoms with E-state index in [0.29, 0.717) is 12.4 Å².